The van der Waals surface area contributed by atoms with Gasteiger partial charge in [0.1, 0.15) is 11.6 Å². The summed E-state index contributed by atoms with van der Waals surface area (Å²) in [5, 5.41) is 3.87. The van der Waals surface area contributed by atoms with E-state index in [1.165, 1.54) is 0 Å². The number of methoxy groups -OCH3 is 2. The van der Waals surface area contributed by atoms with Crippen LogP contribution in [0.3, 0.4) is 0 Å². The summed E-state index contributed by atoms with van der Waals surface area (Å²) in [6.07, 6.45) is 2.49. The van der Waals surface area contributed by atoms with Gasteiger partial charge in [-0.2, -0.15) is 0 Å². The number of ether oxygens (including phenoxy) is 3. The number of nitrogens with zero attached hydrogens (tertiary/aromatic N) is 1. The molecule has 1 saturated heterocycles. The van der Waals surface area contributed by atoms with Gasteiger partial charge in [-0.15, -0.1) is 0 Å². The molecule has 0 radical (unpaired) electrons. The van der Waals surface area contributed by atoms with Crippen LogP contribution in [0.4, 0.5) is 0 Å². The van der Waals surface area contributed by atoms with Crippen LogP contribution in [0.1, 0.15) is 39.2 Å². The third kappa shape index (κ3) is 5.99. The SMILES string of the molecule is COc1ccc(CCNC(=S)N2CCCC2C(=O)OC(C)(C)C)cc1OC. The highest BCUT2D eigenvalue weighted by Crippen LogP contribution is 2.27. The van der Waals surface area contributed by atoms with Crippen LogP contribution in [0.15, 0.2) is 18.2 Å². The Labute approximate surface area is 167 Å². The van der Waals surface area contributed by atoms with Crippen molar-refractivity contribution >= 4 is 23.3 Å². The lowest BCUT2D eigenvalue weighted by Gasteiger charge is -2.29. The molecule has 0 aliphatic carbocycles. The number of hydrogen-bond donors (Lipinski definition) is 1. The van der Waals surface area contributed by atoms with Crippen molar-refractivity contribution in [2.24, 2.45) is 0 Å². The summed E-state index contributed by atoms with van der Waals surface area (Å²) in [4.78, 5) is 14.4. The Morgan fingerprint density at radius 1 is 1.26 bits per heavy atom. The number of esters is 1. The summed E-state index contributed by atoms with van der Waals surface area (Å²) in [6.45, 7) is 7.08. The predicted molar refractivity (Wildman–Crippen MR) is 109 cm³/mol. The second-order valence-electron chi connectivity index (χ2n) is 7.56. The average Bonchev–Trinajstić information content (AvgIpc) is 3.10. The number of benzene rings is 1. The number of carbonyl (C=O) groups excluding carboxylic acids is 1. The molecule has 0 amide bonds. The molecule has 1 atom stereocenters. The van der Waals surface area contributed by atoms with Crippen LogP contribution in [0, 0.1) is 0 Å². The highest BCUT2D eigenvalue weighted by Gasteiger charge is 2.35. The van der Waals surface area contributed by atoms with Crippen LogP contribution in [0.25, 0.3) is 0 Å². The topological polar surface area (TPSA) is 60.0 Å². The maximum atomic E-state index is 12.4. The number of hydrogen-bond acceptors (Lipinski definition) is 5. The molecule has 0 saturated carbocycles. The highest BCUT2D eigenvalue weighted by atomic mass is 32.1. The lowest BCUT2D eigenvalue weighted by molar-refractivity contribution is -0.159. The molecule has 1 aromatic carbocycles. The van der Waals surface area contributed by atoms with Gasteiger partial charge in [-0.3, -0.25) is 0 Å². The van der Waals surface area contributed by atoms with Crippen LogP contribution in [0.2, 0.25) is 0 Å². The zero-order valence-electron chi connectivity index (χ0n) is 16.8. The number of thiocarbonyl (C=S) groups is 1. The second-order valence-corrected chi connectivity index (χ2v) is 7.94. The molecule has 27 heavy (non-hydrogen) atoms. The van der Waals surface area contributed by atoms with Gasteiger partial charge in [-0.1, -0.05) is 6.07 Å². The van der Waals surface area contributed by atoms with E-state index in [9.17, 15) is 4.79 Å². The highest BCUT2D eigenvalue weighted by molar-refractivity contribution is 7.80. The Balaban J connectivity index is 1.88. The monoisotopic (exact) mass is 394 g/mol. The van der Waals surface area contributed by atoms with E-state index in [0.29, 0.717) is 23.2 Å². The molecule has 1 N–H and O–H groups in total. The number of carbonyl (C=O) groups is 1. The van der Waals surface area contributed by atoms with Gasteiger partial charge >= 0.3 is 5.97 Å². The van der Waals surface area contributed by atoms with Gasteiger partial charge in [0.25, 0.3) is 0 Å². The van der Waals surface area contributed by atoms with E-state index in [1.807, 2.05) is 43.9 Å². The van der Waals surface area contributed by atoms with Gasteiger partial charge in [0.15, 0.2) is 16.6 Å². The number of nitrogens with one attached hydrogen (secondary N) is 1. The third-order valence-electron chi connectivity index (χ3n) is 4.33. The molecular weight excluding hydrogens is 364 g/mol. The molecule has 1 aromatic rings. The molecule has 1 fully saturated rings. The normalized spacial score (nSPS) is 16.8. The van der Waals surface area contributed by atoms with Crippen LogP contribution in [-0.2, 0) is 16.0 Å². The van der Waals surface area contributed by atoms with Gasteiger partial charge in [-0.25, -0.2) is 4.79 Å². The van der Waals surface area contributed by atoms with Crippen molar-refractivity contribution in [1.82, 2.24) is 10.2 Å². The smallest absolute Gasteiger partial charge is 0.329 e. The van der Waals surface area contributed by atoms with Gasteiger partial charge in [0, 0.05) is 13.1 Å². The lowest BCUT2D eigenvalue weighted by Crippen LogP contribution is -2.48. The Hall–Kier alpha value is -2.02. The van der Waals surface area contributed by atoms with Crippen molar-refractivity contribution in [1.29, 1.82) is 0 Å². The third-order valence-corrected chi connectivity index (χ3v) is 4.71. The van der Waals surface area contributed by atoms with Crippen LogP contribution >= 0.6 is 12.2 Å². The predicted octanol–water partition coefficient (Wildman–Crippen LogP) is 2.93. The fourth-order valence-corrected chi connectivity index (χ4v) is 3.40. The molecule has 150 valence electrons. The minimum absolute atomic E-state index is 0.205. The van der Waals surface area contributed by atoms with Crippen molar-refractivity contribution in [2.75, 3.05) is 27.3 Å². The molecule has 7 heteroatoms. The van der Waals surface area contributed by atoms with E-state index in [2.05, 4.69) is 5.32 Å². The maximum Gasteiger partial charge on any atom is 0.329 e. The quantitative estimate of drug-likeness (QED) is 0.588. The zero-order valence-corrected chi connectivity index (χ0v) is 17.6. The van der Waals surface area contributed by atoms with Crippen molar-refractivity contribution in [3.63, 3.8) is 0 Å². The molecule has 1 heterocycles. The first-order chi connectivity index (χ1) is 12.7. The van der Waals surface area contributed by atoms with Crippen LogP contribution < -0.4 is 14.8 Å². The largest absolute Gasteiger partial charge is 0.493 e. The van der Waals surface area contributed by atoms with Crippen LogP contribution in [0.5, 0.6) is 11.5 Å². The Morgan fingerprint density at radius 2 is 1.96 bits per heavy atom. The average molecular weight is 395 g/mol. The van der Waals surface area contributed by atoms with E-state index >= 15 is 0 Å². The molecule has 0 aromatic heterocycles. The zero-order chi connectivity index (χ0) is 20.0. The summed E-state index contributed by atoms with van der Waals surface area (Å²) < 4.78 is 16.1. The maximum absolute atomic E-state index is 12.4. The molecule has 1 unspecified atom stereocenters. The molecule has 0 bridgehead atoms. The van der Waals surface area contributed by atoms with Crippen molar-refractivity contribution < 1.29 is 19.0 Å². The minimum atomic E-state index is -0.492. The van der Waals surface area contributed by atoms with E-state index in [-0.39, 0.29) is 12.0 Å². The lowest BCUT2D eigenvalue weighted by atomic mass is 10.1. The summed E-state index contributed by atoms with van der Waals surface area (Å²) in [5.41, 5.74) is 0.626. The molecule has 6 nitrogen and oxygen atoms in total. The summed E-state index contributed by atoms with van der Waals surface area (Å²) in [6, 6.07) is 5.56. The first-order valence-corrected chi connectivity index (χ1v) is 9.64. The second kappa shape index (κ2) is 9.26. The van der Waals surface area contributed by atoms with E-state index in [0.717, 1.165) is 31.4 Å². The molecular formula is C20H30N2O4S. The molecule has 2 rings (SSSR count). The van der Waals surface area contributed by atoms with Crippen molar-refractivity contribution in [3.8, 4) is 11.5 Å². The van der Waals surface area contributed by atoms with Crippen molar-refractivity contribution in [2.45, 2.75) is 51.7 Å². The van der Waals surface area contributed by atoms with Crippen LogP contribution in [-0.4, -0.2) is 54.9 Å². The molecule has 0 spiro atoms. The number of likely N-dealkylation sites (tertiary alicyclic amines) is 1. The fraction of sp³-hybridized carbons (Fsp3) is 0.600. The first kappa shape index (κ1) is 21.3. The molecule has 1 aliphatic heterocycles. The Bertz CT molecular complexity index is 672. The Morgan fingerprint density at radius 3 is 2.59 bits per heavy atom. The minimum Gasteiger partial charge on any atom is -0.493 e. The summed E-state index contributed by atoms with van der Waals surface area (Å²) >= 11 is 5.52. The fourth-order valence-electron chi connectivity index (χ4n) is 3.08. The summed E-state index contributed by atoms with van der Waals surface area (Å²) in [5.74, 6) is 1.22. The van der Waals surface area contributed by atoms with E-state index < -0.39 is 5.60 Å². The van der Waals surface area contributed by atoms with Gasteiger partial charge in [0.05, 0.1) is 14.2 Å². The standard InChI is InChI=1S/C20H30N2O4S/c1-20(2,3)26-18(23)15-7-6-12-22(15)19(27)21-11-10-14-8-9-16(24-4)17(13-14)25-5/h8-9,13,15H,6-7,10-12H2,1-5H3,(H,21,27). The van der Waals surface area contributed by atoms with Crippen molar-refractivity contribution in [3.05, 3.63) is 23.8 Å². The van der Waals surface area contributed by atoms with Gasteiger partial charge in [-0.05, 0) is 69.9 Å². The number of rotatable bonds is 6. The van der Waals surface area contributed by atoms with Gasteiger partial charge in [0.2, 0.25) is 0 Å². The van der Waals surface area contributed by atoms with E-state index in [1.54, 1.807) is 14.2 Å². The van der Waals surface area contributed by atoms with E-state index in [4.69, 9.17) is 26.4 Å². The Kier molecular flexibility index (Phi) is 7.30. The van der Waals surface area contributed by atoms with Gasteiger partial charge < -0.3 is 24.4 Å². The molecule has 1 aliphatic rings. The summed E-state index contributed by atoms with van der Waals surface area (Å²) in [7, 11) is 3.24. The first-order valence-electron chi connectivity index (χ1n) is 9.23.